The Kier molecular flexibility index (Phi) is 5.09. The fraction of sp³-hybridized carbons (Fsp3) is 0.462. The molecule has 0 spiro atoms. The molecule has 7 heteroatoms. The smallest absolute Gasteiger partial charge is 0.279 e. The van der Waals surface area contributed by atoms with Crippen LogP contribution in [0.4, 0.5) is 0 Å². The lowest BCUT2D eigenvalue weighted by Gasteiger charge is -2.25. The van der Waals surface area contributed by atoms with Crippen LogP contribution in [0.2, 0.25) is 0 Å². The van der Waals surface area contributed by atoms with Gasteiger partial charge < -0.3 is 5.73 Å². The number of nitrogens with two attached hydrogens (primary N) is 1. The van der Waals surface area contributed by atoms with Gasteiger partial charge in [0.25, 0.3) is 10.2 Å². The third kappa shape index (κ3) is 3.99. The minimum Gasteiger partial charge on any atom is -0.389 e. The average Bonchev–Trinajstić information content (AvgIpc) is 2.46. The van der Waals surface area contributed by atoms with E-state index in [1.54, 1.807) is 12.1 Å². The maximum atomic E-state index is 12.1. The van der Waals surface area contributed by atoms with Crippen molar-refractivity contribution in [2.24, 2.45) is 5.73 Å². The van der Waals surface area contributed by atoms with Crippen LogP contribution in [0.5, 0.6) is 0 Å². The first-order chi connectivity index (χ1) is 9.49. The second-order valence-corrected chi connectivity index (χ2v) is 7.04. The van der Waals surface area contributed by atoms with Gasteiger partial charge in [0, 0.05) is 25.2 Å². The molecule has 1 aliphatic rings. The van der Waals surface area contributed by atoms with Gasteiger partial charge >= 0.3 is 0 Å². The number of piperidine rings is 1. The summed E-state index contributed by atoms with van der Waals surface area (Å²) in [4.78, 5) is 0.338. The molecule has 0 aromatic heterocycles. The first kappa shape index (κ1) is 15.4. The number of hydrogen-bond donors (Lipinski definition) is 2. The minimum atomic E-state index is -3.38. The van der Waals surface area contributed by atoms with E-state index in [-0.39, 0.29) is 6.54 Å². The van der Waals surface area contributed by atoms with Crippen molar-refractivity contribution in [2.75, 3.05) is 13.1 Å². The molecular weight excluding hydrogens is 294 g/mol. The lowest BCUT2D eigenvalue weighted by molar-refractivity contribution is 0.341. The number of thiocarbonyl (C=S) groups is 1. The minimum absolute atomic E-state index is 0.274. The van der Waals surface area contributed by atoms with Gasteiger partial charge in [-0.3, -0.25) is 0 Å². The summed E-state index contributed by atoms with van der Waals surface area (Å²) in [7, 11) is -3.38. The lowest BCUT2D eigenvalue weighted by atomic mass is 10.1. The Balaban J connectivity index is 1.95. The zero-order chi connectivity index (χ0) is 14.6. The van der Waals surface area contributed by atoms with Crippen LogP contribution in [-0.2, 0) is 16.8 Å². The van der Waals surface area contributed by atoms with Crippen LogP contribution in [0.15, 0.2) is 24.3 Å². The van der Waals surface area contributed by atoms with E-state index < -0.39 is 10.2 Å². The predicted molar refractivity (Wildman–Crippen MR) is 83.5 cm³/mol. The van der Waals surface area contributed by atoms with Gasteiger partial charge in [-0.1, -0.05) is 42.9 Å². The summed E-state index contributed by atoms with van der Waals surface area (Å²) in [5.74, 6) is 0. The Morgan fingerprint density at radius 2 is 1.80 bits per heavy atom. The standard InChI is InChI=1S/C13H19N3O2S2/c14-13(19)12-6-4-11(5-7-12)10-15-20(17,18)16-8-2-1-3-9-16/h4-7,15H,1-3,8-10H2,(H2,14,19). The van der Waals surface area contributed by atoms with E-state index in [1.807, 2.05) is 12.1 Å². The first-order valence-corrected chi connectivity index (χ1v) is 8.47. The maximum Gasteiger partial charge on any atom is 0.279 e. The summed E-state index contributed by atoms with van der Waals surface area (Å²) in [5, 5.41) is 0. The van der Waals surface area contributed by atoms with E-state index in [0.29, 0.717) is 18.1 Å². The highest BCUT2D eigenvalue weighted by Gasteiger charge is 2.23. The molecular formula is C13H19N3O2S2. The monoisotopic (exact) mass is 313 g/mol. The van der Waals surface area contributed by atoms with E-state index in [0.717, 1.165) is 30.4 Å². The number of nitrogens with one attached hydrogen (secondary N) is 1. The molecule has 0 amide bonds. The Morgan fingerprint density at radius 1 is 1.20 bits per heavy atom. The quantitative estimate of drug-likeness (QED) is 0.799. The molecule has 2 rings (SSSR count). The summed E-state index contributed by atoms with van der Waals surface area (Å²) >= 11 is 4.87. The summed E-state index contributed by atoms with van der Waals surface area (Å²) in [6, 6.07) is 7.25. The van der Waals surface area contributed by atoms with Crippen molar-refractivity contribution in [3.63, 3.8) is 0 Å². The molecule has 1 fully saturated rings. The van der Waals surface area contributed by atoms with Crippen molar-refractivity contribution in [1.82, 2.24) is 9.03 Å². The van der Waals surface area contributed by atoms with Crippen LogP contribution in [0.25, 0.3) is 0 Å². The molecule has 0 unspecified atom stereocenters. The molecule has 20 heavy (non-hydrogen) atoms. The van der Waals surface area contributed by atoms with Crippen molar-refractivity contribution in [1.29, 1.82) is 0 Å². The van der Waals surface area contributed by atoms with E-state index in [9.17, 15) is 8.42 Å². The molecule has 110 valence electrons. The van der Waals surface area contributed by atoms with Crippen molar-refractivity contribution in [3.8, 4) is 0 Å². The Bertz CT molecular complexity index is 564. The Hall–Kier alpha value is -1.02. The van der Waals surface area contributed by atoms with Gasteiger partial charge in [0.15, 0.2) is 0 Å². The third-order valence-corrected chi connectivity index (χ3v) is 5.14. The van der Waals surface area contributed by atoms with Crippen LogP contribution in [0.1, 0.15) is 30.4 Å². The molecule has 0 aliphatic carbocycles. The van der Waals surface area contributed by atoms with Crippen molar-refractivity contribution in [2.45, 2.75) is 25.8 Å². The molecule has 0 bridgehead atoms. The number of benzene rings is 1. The highest BCUT2D eigenvalue weighted by molar-refractivity contribution is 7.87. The molecule has 1 aromatic rings. The van der Waals surface area contributed by atoms with Crippen LogP contribution in [0.3, 0.4) is 0 Å². The Labute approximate surface area is 125 Å². The summed E-state index contributed by atoms with van der Waals surface area (Å²) < 4.78 is 28.4. The largest absolute Gasteiger partial charge is 0.389 e. The van der Waals surface area contributed by atoms with Crippen LogP contribution in [-0.4, -0.2) is 30.8 Å². The van der Waals surface area contributed by atoms with E-state index in [1.165, 1.54) is 4.31 Å². The van der Waals surface area contributed by atoms with Crippen LogP contribution < -0.4 is 10.5 Å². The maximum absolute atomic E-state index is 12.1. The molecule has 0 atom stereocenters. The summed E-state index contributed by atoms with van der Waals surface area (Å²) in [6.07, 6.45) is 2.97. The molecule has 3 N–H and O–H groups in total. The molecule has 1 aromatic carbocycles. The van der Waals surface area contributed by atoms with Gasteiger partial charge in [0.05, 0.1) is 0 Å². The van der Waals surface area contributed by atoms with E-state index >= 15 is 0 Å². The van der Waals surface area contributed by atoms with Gasteiger partial charge in [-0.15, -0.1) is 0 Å². The van der Waals surface area contributed by atoms with Crippen LogP contribution in [0, 0.1) is 0 Å². The van der Waals surface area contributed by atoms with Crippen LogP contribution >= 0.6 is 12.2 Å². The van der Waals surface area contributed by atoms with E-state index in [4.69, 9.17) is 18.0 Å². The first-order valence-electron chi connectivity index (χ1n) is 6.62. The normalized spacial score (nSPS) is 17.0. The van der Waals surface area contributed by atoms with Gasteiger partial charge in [0.2, 0.25) is 0 Å². The third-order valence-electron chi connectivity index (χ3n) is 3.35. The zero-order valence-electron chi connectivity index (χ0n) is 11.2. The predicted octanol–water partition coefficient (Wildman–Crippen LogP) is 1.14. The molecule has 1 saturated heterocycles. The number of nitrogens with zero attached hydrogens (tertiary/aromatic N) is 1. The molecule has 1 heterocycles. The fourth-order valence-corrected chi connectivity index (χ4v) is 3.56. The second kappa shape index (κ2) is 6.62. The van der Waals surface area contributed by atoms with E-state index in [2.05, 4.69) is 4.72 Å². The SMILES string of the molecule is NC(=S)c1ccc(CNS(=O)(=O)N2CCCCC2)cc1. The second-order valence-electron chi connectivity index (χ2n) is 4.85. The van der Waals surface area contributed by atoms with Gasteiger partial charge in [0.1, 0.15) is 4.99 Å². The summed E-state index contributed by atoms with van der Waals surface area (Å²) in [6.45, 7) is 1.49. The molecule has 0 saturated carbocycles. The molecule has 0 radical (unpaired) electrons. The lowest BCUT2D eigenvalue weighted by Crippen LogP contribution is -2.43. The summed E-state index contributed by atoms with van der Waals surface area (Å²) in [5.41, 5.74) is 7.18. The van der Waals surface area contributed by atoms with Crippen molar-refractivity contribution in [3.05, 3.63) is 35.4 Å². The molecule has 1 aliphatic heterocycles. The highest BCUT2D eigenvalue weighted by Crippen LogP contribution is 2.12. The van der Waals surface area contributed by atoms with Gasteiger partial charge in [-0.2, -0.15) is 17.4 Å². The highest BCUT2D eigenvalue weighted by atomic mass is 32.2. The number of rotatable bonds is 5. The molecule has 5 nitrogen and oxygen atoms in total. The van der Waals surface area contributed by atoms with Crippen molar-refractivity contribution < 1.29 is 8.42 Å². The van der Waals surface area contributed by atoms with Gasteiger partial charge in [-0.05, 0) is 18.4 Å². The van der Waals surface area contributed by atoms with Gasteiger partial charge in [-0.25, -0.2) is 0 Å². The van der Waals surface area contributed by atoms with Crippen molar-refractivity contribution >= 4 is 27.4 Å². The fourth-order valence-electron chi connectivity index (χ4n) is 2.16. The topological polar surface area (TPSA) is 75.4 Å². The Morgan fingerprint density at radius 3 is 2.35 bits per heavy atom. The zero-order valence-corrected chi connectivity index (χ0v) is 12.8. The average molecular weight is 313 g/mol. The number of hydrogen-bond acceptors (Lipinski definition) is 3.